The van der Waals surface area contributed by atoms with Gasteiger partial charge in [0.2, 0.25) is 0 Å². The van der Waals surface area contributed by atoms with Crippen molar-refractivity contribution in [3.63, 3.8) is 0 Å². The molecule has 0 aromatic heterocycles. The summed E-state index contributed by atoms with van der Waals surface area (Å²) in [6.45, 7) is 0. The first-order chi connectivity index (χ1) is 9.02. The number of methoxy groups -OCH3 is 1. The zero-order valence-corrected chi connectivity index (χ0v) is 12.3. The van der Waals surface area contributed by atoms with E-state index in [4.69, 9.17) is 16.3 Å². The quantitative estimate of drug-likeness (QED) is 0.739. The summed E-state index contributed by atoms with van der Waals surface area (Å²) in [6.07, 6.45) is 0. The zero-order chi connectivity index (χ0) is 14.0. The lowest BCUT2D eigenvalue weighted by molar-refractivity contribution is 0.0601. The number of carbonyl (C=O) groups excluding carboxylic acids is 1. The summed E-state index contributed by atoms with van der Waals surface area (Å²) in [7, 11) is 1.28. The average Bonchev–Trinajstić information content (AvgIpc) is 2.40. The Bertz CT molecular complexity index is 643. The van der Waals surface area contributed by atoms with Gasteiger partial charge in [-0.3, -0.25) is 0 Å². The van der Waals surface area contributed by atoms with Gasteiger partial charge in [-0.1, -0.05) is 27.5 Å². The third-order valence-corrected chi connectivity index (χ3v) is 3.33. The monoisotopic (exact) mass is 342 g/mol. The lowest BCUT2D eigenvalue weighted by atomic mass is 9.99. The van der Waals surface area contributed by atoms with Crippen molar-refractivity contribution in [2.75, 3.05) is 7.11 Å². The summed E-state index contributed by atoms with van der Waals surface area (Å²) < 4.78 is 19.3. The smallest absolute Gasteiger partial charge is 0.338 e. The average molecular weight is 344 g/mol. The van der Waals surface area contributed by atoms with Crippen LogP contribution in [0, 0.1) is 5.82 Å². The minimum atomic E-state index is -0.526. The molecule has 0 radical (unpaired) electrons. The summed E-state index contributed by atoms with van der Waals surface area (Å²) in [5.41, 5.74) is 0.974. The van der Waals surface area contributed by atoms with Gasteiger partial charge < -0.3 is 4.74 Å². The van der Waals surface area contributed by atoms with Crippen molar-refractivity contribution in [2.45, 2.75) is 0 Å². The van der Waals surface area contributed by atoms with Crippen molar-refractivity contribution in [3.05, 3.63) is 57.3 Å². The second-order valence-corrected chi connectivity index (χ2v) is 5.16. The van der Waals surface area contributed by atoms with E-state index in [1.54, 1.807) is 18.2 Å². The van der Waals surface area contributed by atoms with E-state index in [1.165, 1.54) is 25.3 Å². The largest absolute Gasteiger partial charge is 0.465 e. The number of halogens is 3. The van der Waals surface area contributed by atoms with Crippen LogP contribution in [0.2, 0.25) is 5.02 Å². The number of hydrogen-bond acceptors (Lipinski definition) is 2. The van der Waals surface area contributed by atoms with Gasteiger partial charge in [-0.15, -0.1) is 0 Å². The van der Waals surface area contributed by atoms with Gasteiger partial charge in [0.1, 0.15) is 5.82 Å². The van der Waals surface area contributed by atoms with Crippen molar-refractivity contribution in [3.8, 4) is 11.1 Å². The molecule has 0 aliphatic heterocycles. The van der Waals surface area contributed by atoms with Crippen molar-refractivity contribution < 1.29 is 13.9 Å². The van der Waals surface area contributed by atoms with E-state index in [9.17, 15) is 9.18 Å². The summed E-state index contributed by atoms with van der Waals surface area (Å²) in [5, 5.41) is 0.396. The molecule has 2 aromatic carbocycles. The van der Waals surface area contributed by atoms with Crippen LogP contribution in [0.5, 0.6) is 0 Å². The first kappa shape index (κ1) is 14.0. The molecule has 98 valence electrons. The standard InChI is InChI=1S/C14H9BrClFO2/c1-19-14(18)10-4-2-8(15)6-11(10)12-7-9(16)3-5-13(12)17/h2-7H,1H3. The normalized spacial score (nSPS) is 10.3. The maximum absolute atomic E-state index is 13.9. The van der Waals surface area contributed by atoms with E-state index in [0.29, 0.717) is 10.6 Å². The fraction of sp³-hybridized carbons (Fsp3) is 0.0714. The molecule has 0 bridgehead atoms. The van der Waals surface area contributed by atoms with Crippen molar-refractivity contribution in [1.29, 1.82) is 0 Å². The molecule has 0 fully saturated rings. The molecule has 0 N–H and O–H groups in total. The van der Waals surface area contributed by atoms with Crippen molar-refractivity contribution in [2.24, 2.45) is 0 Å². The third-order valence-electron chi connectivity index (χ3n) is 2.61. The van der Waals surface area contributed by atoms with Gasteiger partial charge in [0.05, 0.1) is 12.7 Å². The molecular formula is C14H9BrClFO2. The highest BCUT2D eigenvalue weighted by Crippen LogP contribution is 2.31. The van der Waals surface area contributed by atoms with Gasteiger partial charge in [0.25, 0.3) is 0 Å². The van der Waals surface area contributed by atoms with Gasteiger partial charge in [-0.2, -0.15) is 0 Å². The summed E-state index contributed by atoms with van der Waals surface area (Å²) in [4.78, 5) is 11.7. The number of hydrogen-bond donors (Lipinski definition) is 0. The number of esters is 1. The van der Waals surface area contributed by atoms with Gasteiger partial charge in [-0.05, 0) is 36.4 Å². The Balaban J connectivity index is 2.69. The van der Waals surface area contributed by atoms with Crippen LogP contribution in [0.1, 0.15) is 10.4 Å². The first-order valence-electron chi connectivity index (χ1n) is 5.36. The number of benzene rings is 2. The molecular weight excluding hydrogens is 335 g/mol. The Kier molecular flexibility index (Phi) is 4.22. The van der Waals surface area contributed by atoms with Gasteiger partial charge in [-0.25, -0.2) is 9.18 Å². The van der Waals surface area contributed by atoms with Crippen LogP contribution in [-0.4, -0.2) is 13.1 Å². The molecule has 2 nitrogen and oxygen atoms in total. The number of ether oxygens (including phenoxy) is 1. The van der Waals surface area contributed by atoms with Crippen LogP contribution in [0.15, 0.2) is 40.9 Å². The van der Waals surface area contributed by atoms with Crippen molar-refractivity contribution in [1.82, 2.24) is 0 Å². The zero-order valence-electron chi connectivity index (χ0n) is 9.91. The van der Waals surface area contributed by atoms with Crippen LogP contribution in [0.25, 0.3) is 11.1 Å². The lowest BCUT2D eigenvalue weighted by Gasteiger charge is -2.10. The molecule has 0 aliphatic rings. The van der Waals surface area contributed by atoms with Gasteiger partial charge in [0, 0.05) is 20.6 Å². The summed E-state index contributed by atoms with van der Waals surface area (Å²) in [5.74, 6) is -0.977. The maximum Gasteiger partial charge on any atom is 0.338 e. The molecule has 5 heteroatoms. The predicted octanol–water partition coefficient (Wildman–Crippen LogP) is 4.70. The molecule has 0 amide bonds. The first-order valence-corrected chi connectivity index (χ1v) is 6.53. The van der Waals surface area contributed by atoms with Gasteiger partial charge >= 0.3 is 5.97 Å². The SMILES string of the molecule is COC(=O)c1ccc(Br)cc1-c1cc(Cl)ccc1F. The molecule has 19 heavy (non-hydrogen) atoms. The molecule has 2 aromatic rings. The minimum absolute atomic E-state index is 0.259. The van der Waals surface area contributed by atoms with E-state index < -0.39 is 11.8 Å². The second kappa shape index (κ2) is 5.72. The fourth-order valence-electron chi connectivity index (χ4n) is 1.73. The van der Waals surface area contributed by atoms with Gasteiger partial charge in [0.15, 0.2) is 0 Å². The topological polar surface area (TPSA) is 26.3 Å². The van der Waals surface area contributed by atoms with Crippen LogP contribution in [-0.2, 0) is 4.74 Å². The molecule has 0 atom stereocenters. The number of rotatable bonds is 2. The summed E-state index contributed by atoms with van der Waals surface area (Å²) in [6, 6.07) is 9.12. The molecule has 0 heterocycles. The second-order valence-electron chi connectivity index (χ2n) is 3.81. The van der Waals surface area contributed by atoms with Crippen LogP contribution < -0.4 is 0 Å². The third kappa shape index (κ3) is 2.96. The fourth-order valence-corrected chi connectivity index (χ4v) is 2.26. The lowest BCUT2D eigenvalue weighted by Crippen LogP contribution is -2.04. The molecule has 0 spiro atoms. The van der Waals surface area contributed by atoms with Crippen LogP contribution >= 0.6 is 27.5 Å². The Morgan fingerprint density at radius 1 is 1.21 bits per heavy atom. The molecule has 0 unspecified atom stereocenters. The predicted molar refractivity (Wildman–Crippen MR) is 75.9 cm³/mol. The van der Waals surface area contributed by atoms with Crippen molar-refractivity contribution >= 4 is 33.5 Å². The van der Waals surface area contributed by atoms with Crippen LogP contribution in [0.4, 0.5) is 4.39 Å². The van der Waals surface area contributed by atoms with E-state index in [1.807, 2.05) is 0 Å². The Labute approximate surface area is 123 Å². The Hall–Kier alpha value is -1.39. The van der Waals surface area contributed by atoms with E-state index in [2.05, 4.69) is 15.9 Å². The molecule has 0 saturated heterocycles. The number of carbonyl (C=O) groups is 1. The maximum atomic E-state index is 13.9. The Morgan fingerprint density at radius 2 is 1.95 bits per heavy atom. The summed E-state index contributed by atoms with van der Waals surface area (Å²) >= 11 is 9.18. The molecule has 2 rings (SSSR count). The van der Waals surface area contributed by atoms with E-state index in [0.717, 1.165) is 4.47 Å². The molecule has 0 aliphatic carbocycles. The van der Waals surface area contributed by atoms with Crippen LogP contribution in [0.3, 0.4) is 0 Å². The van der Waals surface area contributed by atoms with E-state index >= 15 is 0 Å². The van der Waals surface area contributed by atoms with E-state index in [-0.39, 0.29) is 11.1 Å². The highest BCUT2D eigenvalue weighted by atomic mass is 79.9. The minimum Gasteiger partial charge on any atom is -0.465 e. The highest BCUT2D eigenvalue weighted by molar-refractivity contribution is 9.10. The molecule has 0 saturated carbocycles. The Morgan fingerprint density at radius 3 is 2.63 bits per heavy atom. The highest BCUT2D eigenvalue weighted by Gasteiger charge is 2.16.